The highest BCUT2D eigenvalue weighted by molar-refractivity contribution is 5.91. The summed E-state index contributed by atoms with van der Waals surface area (Å²) in [6, 6.07) is 14.8. The number of aromatic hydroxyl groups is 1. The van der Waals surface area contributed by atoms with Gasteiger partial charge in [-0.05, 0) is 50.1 Å². The van der Waals surface area contributed by atoms with E-state index in [4.69, 9.17) is 14.9 Å². The minimum atomic E-state index is -0.0674. The predicted molar refractivity (Wildman–Crippen MR) is 89.4 cm³/mol. The van der Waals surface area contributed by atoms with Crippen molar-refractivity contribution in [3.05, 3.63) is 59.7 Å². The zero-order valence-corrected chi connectivity index (χ0v) is 13.2. The Balaban J connectivity index is 1.65. The zero-order chi connectivity index (χ0) is 16.3. The lowest BCUT2D eigenvalue weighted by Crippen LogP contribution is -2.17. The molecule has 2 N–H and O–H groups in total. The fraction of sp³-hybridized carbons (Fsp3) is 0.316. The molecule has 2 aromatic rings. The van der Waals surface area contributed by atoms with Crippen molar-refractivity contribution in [2.45, 2.75) is 25.2 Å². The Morgan fingerprint density at radius 3 is 2.43 bits per heavy atom. The van der Waals surface area contributed by atoms with E-state index in [0.29, 0.717) is 19.0 Å². The summed E-state index contributed by atoms with van der Waals surface area (Å²) in [6.45, 7) is 2.90. The van der Waals surface area contributed by atoms with Crippen molar-refractivity contribution in [3.63, 3.8) is 0 Å². The van der Waals surface area contributed by atoms with Crippen LogP contribution in [0.4, 0.5) is 0 Å². The zero-order valence-electron chi connectivity index (χ0n) is 13.2. The first-order chi connectivity index (χ1) is 11.1. The molecular formula is C19H21NO3. The number of hydrogen-bond acceptors (Lipinski definition) is 4. The second-order valence-electron chi connectivity index (χ2n) is 5.87. The van der Waals surface area contributed by atoms with Crippen LogP contribution in [0.3, 0.4) is 0 Å². The van der Waals surface area contributed by atoms with E-state index in [-0.39, 0.29) is 11.3 Å². The lowest BCUT2D eigenvalue weighted by Gasteiger charge is -2.18. The first kappa shape index (κ1) is 15.4. The van der Waals surface area contributed by atoms with Crippen LogP contribution >= 0.6 is 0 Å². The van der Waals surface area contributed by atoms with Crippen LogP contribution in [0.25, 0.3) is 0 Å². The molecule has 0 unspecified atom stereocenters. The van der Waals surface area contributed by atoms with Gasteiger partial charge in [0.25, 0.3) is 0 Å². The predicted octanol–water partition coefficient (Wildman–Crippen LogP) is 3.86. The molecule has 1 aliphatic carbocycles. The number of para-hydroxylation sites is 1. The maximum absolute atomic E-state index is 10.0. The lowest BCUT2D eigenvalue weighted by atomic mass is 9.96. The molecule has 1 saturated carbocycles. The molecular weight excluding hydrogens is 290 g/mol. The van der Waals surface area contributed by atoms with Gasteiger partial charge in [-0.3, -0.25) is 5.41 Å². The fourth-order valence-corrected chi connectivity index (χ4v) is 2.72. The lowest BCUT2D eigenvalue weighted by molar-refractivity contribution is 0.274. The SMILES string of the molecule is CCOC(=N)c1ccc(OCC2(c3ccccc3O)CC2)cc1. The molecule has 0 radical (unpaired) electrons. The van der Waals surface area contributed by atoms with Gasteiger partial charge in [0.2, 0.25) is 5.90 Å². The average Bonchev–Trinajstić information content (AvgIpc) is 3.35. The van der Waals surface area contributed by atoms with Gasteiger partial charge in [0.1, 0.15) is 11.5 Å². The molecule has 4 heteroatoms. The third-order valence-electron chi connectivity index (χ3n) is 4.25. The molecule has 120 valence electrons. The highest BCUT2D eigenvalue weighted by Gasteiger charge is 2.46. The summed E-state index contributed by atoms with van der Waals surface area (Å²) in [4.78, 5) is 0. The van der Waals surface area contributed by atoms with E-state index in [1.54, 1.807) is 6.07 Å². The van der Waals surface area contributed by atoms with Crippen LogP contribution in [0.5, 0.6) is 11.5 Å². The van der Waals surface area contributed by atoms with E-state index in [1.807, 2.05) is 49.4 Å². The van der Waals surface area contributed by atoms with Crippen LogP contribution in [-0.2, 0) is 10.2 Å². The maximum Gasteiger partial charge on any atom is 0.213 e. The fourth-order valence-electron chi connectivity index (χ4n) is 2.72. The van der Waals surface area contributed by atoms with E-state index < -0.39 is 0 Å². The summed E-state index contributed by atoms with van der Waals surface area (Å²) in [6.07, 6.45) is 2.05. The van der Waals surface area contributed by atoms with Crippen LogP contribution in [0, 0.1) is 5.41 Å². The van der Waals surface area contributed by atoms with Gasteiger partial charge in [0.05, 0.1) is 13.2 Å². The van der Waals surface area contributed by atoms with Crippen molar-refractivity contribution in [1.82, 2.24) is 0 Å². The van der Waals surface area contributed by atoms with Gasteiger partial charge in [0.15, 0.2) is 0 Å². The molecule has 1 fully saturated rings. The Morgan fingerprint density at radius 1 is 1.13 bits per heavy atom. The van der Waals surface area contributed by atoms with E-state index >= 15 is 0 Å². The molecule has 3 rings (SSSR count). The second kappa shape index (κ2) is 6.32. The van der Waals surface area contributed by atoms with Crippen molar-refractivity contribution in [3.8, 4) is 11.5 Å². The molecule has 2 aromatic carbocycles. The van der Waals surface area contributed by atoms with Crippen LogP contribution in [0.15, 0.2) is 48.5 Å². The normalized spacial score (nSPS) is 15.0. The highest BCUT2D eigenvalue weighted by Crippen LogP contribution is 2.51. The van der Waals surface area contributed by atoms with Gasteiger partial charge in [-0.2, -0.15) is 0 Å². The first-order valence-corrected chi connectivity index (χ1v) is 7.88. The summed E-state index contributed by atoms with van der Waals surface area (Å²) in [7, 11) is 0. The van der Waals surface area contributed by atoms with Crippen LogP contribution in [0.1, 0.15) is 30.9 Å². The Labute approximate surface area is 136 Å². The quantitative estimate of drug-likeness (QED) is 0.629. The number of benzene rings is 2. The molecule has 0 spiro atoms. The van der Waals surface area contributed by atoms with Crippen molar-refractivity contribution in [1.29, 1.82) is 5.41 Å². The standard InChI is InChI=1S/C19H21NO3/c1-2-22-18(20)14-7-9-15(10-8-14)23-13-19(11-12-19)16-5-3-4-6-17(16)21/h3-10,20-21H,2,11-13H2,1H3. The largest absolute Gasteiger partial charge is 0.508 e. The minimum absolute atomic E-state index is 0.0674. The molecule has 0 amide bonds. The molecule has 4 nitrogen and oxygen atoms in total. The summed E-state index contributed by atoms with van der Waals surface area (Å²) in [5, 5.41) is 17.8. The van der Waals surface area contributed by atoms with Crippen molar-refractivity contribution >= 4 is 5.90 Å². The van der Waals surface area contributed by atoms with E-state index in [9.17, 15) is 5.11 Å². The number of ether oxygens (including phenoxy) is 2. The maximum atomic E-state index is 10.0. The molecule has 0 bridgehead atoms. The average molecular weight is 311 g/mol. The van der Waals surface area contributed by atoms with E-state index in [2.05, 4.69) is 0 Å². The molecule has 23 heavy (non-hydrogen) atoms. The van der Waals surface area contributed by atoms with Crippen LogP contribution in [0.2, 0.25) is 0 Å². The summed E-state index contributed by atoms with van der Waals surface area (Å²) in [5.41, 5.74) is 1.64. The summed E-state index contributed by atoms with van der Waals surface area (Å²) in [5.74, 6) is 1.28. The molecule has 0 atom stereocenters. The Hall–Kier alpha value is -2.49. The number of phenolic OH excluding ortho intramolecular Hbond substituents is 1. The topological polar surface area (TPSA) is 62.5 Å². The molecule has 1 aliphatic rings. The van der Waals surface area contributed by atoms with Gasteiger partial charge in [-0.15, -0.1) is 0 Å². The number of hydrogen-bond donors (Lipinski definition) is 2. The first-order valence-electron chi connectivity index (χ1n) is 7.88. The Bertz CT molecular complexity index is 690. The van der Waals surface area contributed by atoms with Crippen molar-refractivity contribution in [2.24, 2.45) is 0 Å². The Kier molecular flexibility index (Phi) is 4.24. The smallest absolute Gasteiger partial charge is 0.213 e. The third-order valence-corrected chi connectivity index (χ3v) is 4.25. The van der Waals surface area contributed by atoms with Crippen LogP contribution in [-0.4, -0.2) is 24.2 Å². The van der Waals surface area contributed by atoms with E-state index in [0.717, 1.165) is 29.7 Å². The monoisotopic (exact) mass is 311 g/mol. The molecule has 0 aromatic heterocycles. The van der Waals surface area contributed by atoms with Gasteiger partial charge in [-0.25, -0.2) is 0 Å². The minimum Gasteiger partial charge on any atom is -0.508 e. The van der Waals surface area contributed by atoms with Gasteiger partial charge >= 0.3 is 0 Å². The summed E-state index contributed by atoms with van der Waals surface area (Å²) < 4.78 is 11.1. The van der Waals surface area contributed by atoms with Crippen molar-refractivity contribution < 1.29 is 14.6 Å². The van der Waals surface area contributed by atoms with Crippen LogP contribution < -0.4 is 4.74 Å². The van der Waals surface area contributed by atoms with Gasteiger partial charge in [-0.1, -0.05) is 18.2 Å². The number of rotatable bonds is 6. The molecule has 0 heterocycles. The van der Waals surface area contributed by atoms with Crippen molar-refractivity contribution in [2.75, 3.05) is 13.2 Å². The van der Waals surface area contributed by atoms with E-state index in [1.165, 1.54) is 0 Å². The Morgan fingerprint density at radius 2 is 1.83 bits per heavy atom. The number of phenols is 1. The highest BCUT2D eigenvalue weighted by atomic mass is 16.5. The molecule has 0 saturated heterocycles. The van der Waals surface area contributed by atoms with Gasteiger partial charge in [0, 0.05) is 16.5 Å². The number of nitrogens with one attached hydrogen (secondary N) is 1. The third kappa shape index (κ3) is 3.31. The second-order valence-corrected chi connectivity index (χ2v) is 5.87. The van der Waals surface area contributed by atoms with Gasteiger partial charge < -0.3 is 14.6 Å². The summed E-state index contributed by atoms with van der Waals surface area (Å²) >= 11 is 0. The molecule has 0 aliphatic heterocycles.